The third-order valence-corrected chi connectivity index (χ3v) is 8.33. The van der Waals surface area contributed by atoms with Gasteiger partial charge in [-0.15, -0.1) is 0 Å². The van der Waals surface area contributed by atoms with Gasteiger partial charge in [0, 0.05) is 18.4 Å². The lowest BCUT2D eigenvalue weighted by Gasteiger charge is -2.47. The minimum Gasteiger partial charge on any atom is -0.480 e. The monoisotopic (exact) mass is 639 g/mol. The van der Waals surface area contributed by atoms with Crippen molar-refractivity contribution >= 4 is 16.9 Å². The molecule has 10 nitrogen and oxygen atoms in total. The molecule has 0 saturated carbocycles. The largest absolute Gasteiger partial charge is 0.480 e. The van der Waals surface area contributed by atoms with E-state index in [1.54, 1.807) is 45.0 Å². The summed E-state index contributed by atoms with van der Waals surface area (Å²) >= 11 is 0. The molecule has 0 unspecified atom stereocenters. The Morgan fingerprint density at radius 3 is 2.17 bits per heavy atom. The van der Waals surface area contributed by atoms with Gasteiger partial charge < -0.3 is 38.2 Å². The molecule has 2 aromatic heterocycles. The second kappa shape index (κ2) is 13.1. The van der Waals surface area contributed by atoms with Gasteiger partial charge in [0.15, 0.2) is 12.2 Å². The molecule has 0 spiro atoms. The Bertz CT molecular complexity index is 1880. The summed E-state index contributed by atoms with van der Waals surface area (Å²) in [7, 11) is 1.46. The molecule has 1 aliphatic heterocycles. The lowest BCUT2D eigenvalue weighted by atomic mass is 9.89. The van der Waals surface area contributed by atoms with Crippen LogP contribution in [0, 0.1) is 13.8 Å². The molecule has 0 radical (unpaired) electrons. The molecule has 3 aromatic carbocycles. The first-order valence-corrected chi connectivity index (χ1v) is 15.3. The van der Waals surface area contributed by atoms with E-state index in [2.05, 4.69) is 4.98 Å². The summed E-state index contributed by atoms with van der Waals surface area (Å²) in [6.07, 6.45) is -5.12. The number of nitrogens with one attached hydrogen (secondary N) is 1. The van der Waals surface area contributed by atoms with Crippen LogP contribution < -0.4 is 15.1 Å². The first kappa shape index (κ1) is 32.1. The molecule has 1 saturated heterocycles. The molecule has 2 N–H and O–H groups in total. The molecule has 47 heavy (non-hydrogen) atoms. The number of methoxy groups -OCH3 is 1. The van der Waals surface area contributed by atoms with E-state index in [1.165, 1.54) is 13.2 Å². The number of aromatic nitrogens is 1. The normalized spacial score (nSPS) is 20.7. The van der Waals surface area contributed by atoms with E-state index in [9.17, 15) is 14.7 Å². The molecule has 3 heterocycles. The van der Waals surface area contributed by atoms with Gasteiger partial charge in [-0.2, -0.15) is 0 Å². The van der Waals surface area contributed by atoms with E-state index in [1.807, 2.05) is 67.6 Å². The molecular formula is C37H37NO9. The number of ether oxygens (including phenoxy) is 5. The number of hydrogen-bond donors (Lipinski definition) is 2. The Labute approximate surface area is 271 Å². The van der Waals surface area contributed by atoms with E-state index in [0.717, 1.165) is 16.8 Å². The van der Waals surface area contributed by atoms with Crippen LogP contribution in [0.3, 0.4) is 0 Å². The fourth-order valence-electron chi connectivity index (χ4n) is 5.99. The number of carbonyl (C=O) groups is 1. The quantitative estimate of drug-likeness (QED) is 0.147. The van der Waals surface area contributed by atoms with Crippen LogP contribution in [0.5, 0.6) is 11.5 Å². The molecule has 0 aliphatic carbocycles. The van der Waals surface area contributed by atoms with Crippen LogP contribution in [-0.4, -0.2) is 53.4 Å². The Morgan fingerprint density at radius 1 is 0.915 bits per heavy atom. The predicted molar refractivity (Wildman–Crippen MR) is 174 cm³/mol. The molecule has 0 bridgehead atoms. The highest BCUT2D eigenvalue weighted by molar-refractivity contribution is 5.88. The van der Waals surface area contributed by atoms with Crippen molar-refractivity contribution in [3.8, 4) is 11.5 Å². The predicted octanol–water partition coefficient (Wildman–Crippen LogP) is 6.02. The summed E-state index contributed by atoms with van der Waals surface area (Å²) in [4.78, 5) is 28.8. The minimum absolute atomic E-state index is 0.242. The van der Waals surface area contributed by atoms with E-state index in [-0.39, 0.29) is 11.3 Å². The van der Waals surface area contributed by atoms with Crippen molar-refractivity contribution in [2.45, 2.75) is 64.0 Å². The fraction of sp³-hybridized carbons (Fsp3) is 0.297. The Morgan fingerprint density at radius 2 is 1.57 bits per heavy atom. The van der Waals surface area contributed by atoms with Crippen molar-refractivity contribution in [2.24, 2.45) is 0 Å². The van der Waals surface area contributed by atoms with Crippen molar-refractivity contribution in [3.05, 3.63) is 129 Å². The zero-order valence-corrected chi connectivity index (χ0v) is 26.8. The van der Waals surface area contributed by atoms with Crippen molar-refractivity contribution in [2.75, 3.05) is 7.11 Å². The van der Waals surface area contributed by atoms with Gasteiger partial charge in [-0.1, -0.05) is 60.7 Å². The fourth-order valence-corrected chi connectivity index (χ4v) is 5.99. The number of esters is 1. The van der Waals surface area contributed by atoms with E-state index < -0.39 is 47.9 Å². The van der Waals surface area contributed by atoms with Gasteiger partial charge in [-0.05, 0) is 63.1 Å². The third-order valence-electron chi connectivity index (χ3n) is 8.33. The molecule has 10 heteroatoms. The van der Waals surface area contributed by atoms with Gasteiger partial charge in [0.1, 0.15) is 35.0 Å². The average molecular weight is 640 g/mol. The summed E-state index contributed by atoms with van der Waals surface area (Å²) in [5, 5.41) is 12.0. The van der Waals surface area contributed by atoms with Crippen LogP contribution in [0.25, 0.3) is 11.0 Å². The lowest BCUT2D eigenvalue weighted by Crippen LogP contribution is -2.65. The van der Waals surface area contributed by atoms with Gasteiger partial charge in [-0.25, -0.2) is 9.59 Å². The standard InChI is InChI=1S/C37H37NO9/c1-21-16-18-26(38-21)35(41)46-33-30(40)36(47-37(3,4)34(33)42-5)44-27-19-17-25-28(20-29(39)45-31(25)22(27)2)43-32(23-12-8-6-9-13-23)24-14-10-7-11-15-24/h6-20,30,32-34,36,38,40H,1-5H3/t30-,33+,34-,36-/m1/s1. The van der Waals surface area contributed by atoms with Gasteiger partial charge >= 0.3 is 11.6 Å². The van der Waals surface area contributed by atoms with Crippen LogP contribution in [-0.2, 0) is 14.2 Å². The zero-order valence-electron chi connectivity index (χ0n) is 26.8. The number of rotatable bonds is 9. The first-order valence-electron chi connectivity index (χ1n) is 15.3. The maximum absolute atomic E-state index is 13.0. The maximum Gasteiger partial charge on any atom is 0.355 e. The highest BCUT2D eigenvalue weighted by Crippen LogP contribution is 2.39. The molecular weight excluding hydrogens is 602 g/mol. The number of aryl methyl sites for hydroxylation is 2. The van der Waals surface area contributed by atoms with Gasteiger partial charge in [0.05, 0.1) is 17.1 Å². The van der Waals surface area contributed by atoms with E-state index >= 15 is 0 Å². The molecule has 244 valence electrons. The van der Waals surface area contributed by atoms with E-state index in [0.29, 0.717) is 22.4 Å². The number of fused-ring (bicyclic) bond motifs is 1. The molecule has 6 rings (SSSR count). The number of aromatic amines is 1. The van der Waals surface area contributed by atoms with Gasteiger partial charge in [0.25, 0.3) is 0 Å². The van der Waals surface area contributed by atoms with Crippen LogP contribution in [0.15, 0.2) is 100 Å². The summed E-state index contributed by atoms with van der Waals surface area (Å²) in [6, 6.07) is 27.6. The van der Waals surface area contributed by atoms with E-state index in [4.69, 9.17) is 28.1 Å². The van der Waals surface area contributed by atoms with Crippen LogP contribution in [0.2, 0.25) is 0 Å². The Kier molecular flexibility index (Phi) is 8.92. The summed E-state index contributed by atoms with van der Waals surface area (Å²) in [6.45, 7) is 7.07. The van der Waals surface area contributed by atoms with Crippen molar-refractivity contribution < 1.29 is 38.0 Å². The number of aliphatic hydroxyl groups excluding tert-OH is 1. The summed E-state index contributed by atoms with van der Waals surface area (Å²) in [5.41, 5.74) is 1.98. The third kappa shape index (κ3) is 6.53. The topological polar surface area (TPSA) is 129 Å². The van der Waals surface area contributed by atoms with Crippen molar-refractivity contribution in [3.63, 3.8) is 0 Å². The average Bonchev–Trinajstić information content (AvgIpc) is 3.50. The number of benzene rings is 3. The smallest absolute Gasteiger partial charge is 0.355 e. The highest BCUT2D eigenvalue weighted by atomic mass is 16.7. The number of carbonyl (C=O) groups excluding carboxylic acids is 1. The minimum atomic E-state index is -1.43. The second-order valence-corrected chi connectivity index (χ2v) is 12.1. The number of aliphatic hydroxyl groups is 1. The van der Waals surface area contributed by atoms with Gasteiger partial charge in [0.2, 0.25) is 6.29 Å². The second-order valence-electron chi connectivity index (χ2n) is 12.1. The molecule has 1 aliphatic rings. The summed E-state index contributed by atoms with van der Waals surface area (Å²) < 4.78 is 36.0. The summed E-state index contributed by atoms with van der Waals surface area (Å²) in [5.74, 6) is -0.0180. The molecule has 4 atom stereocenters. The molecule has 0 amide bonds. The number of H-pyrrole nitrogens is 1. The first-order chi connectivity index (χ1) is 22.6. The van der Waals surface area contributed by atoms with Gasteiger partial charge in [-0.3, -0.25) is 0 Å². The molecule has 1 fully saturated rings. The van der Waals surface area contributed by atoms with Crippen LogP contribution >= 0.6 is 0 Å². The van der Waals surface area contributed by atoms with Crippen molar-refractivity contribution in [1.82, 2.24) is 4.98 Å². The van der Waals surface area contributed by atoms with Crippen LogP contribution in [0.1, 0.15) is 52.8 Å². The van der Waals surface area contributed by atoms with Crippen LogP contribution in [0.4, 0.5) is 0 Å². The number of hydrogen-bond acceptors (Lipinski definition) is 9. The Hall–Kier alpha value is -4.90. The maximum atomic E-state index is 13.0. The highest BCUT2D eigenvalue weighted by Gasteiger charge is 2.53. The molecule has 5 aromatic rings. The zero-order chi connectivity index (χ0) is 33.3. The Balaban J connectivity index is 1.31. The van der Waals surface area contributed by atoms with Crippen molar-refractivity contribution in [1.29, 1.82) is 0 Å². The lowest BCUT2D eigenvalue weighted by molar-refractivity contribution is -0.305. The SMILES string of the molecule is CO[C@@H]1[C@@H](OC(=O)c2ccc(C)[nH]2)[C@@H](O)[C@H](Oc2ccc3c(OC(c4ccccc4)c4ccccc4)cc(=O)oc3c2C)OC1(C)C.